The van der Waals surface area contributed by atoms with Crippen molar-refractivity contribution in [2.24, 2.45) is 0 Å². The van der Waals surface area contributed by atoms with E-state index in [0.717, 1.165) is 0 Å². The molecule has 0 bridgehead atoms. The average Bonchev–Trinajstić information content (AvgIpc) is 2.18. The van der Waals surface area contributed by atoms with Gasteiger partial charge in [-0.2, -0.15) is 0 Å². The normalized spacial score (nSPS) is 12.2. The van der Waals surface area contributed by atoms with Crippen LogP contribution in [0.25, 0.3) is 0 Å². The number of benzene rings is 1. The Kier molecular flexibility index (Phi) is 3.43. The van der Waals surface area contributed by atoms with Gasteiger partial charge in [-0.1, -0.05) is 25.1 Å². The zero-order valence-electron chi connectivity index (χ0n) is 7.37. The number of halogens is 1. The molecule has 0 aliphatic carbocycles. The van der Waals surface area contributed by atoms with Crippen LogP contribution in [0.2, 0.25) is 0 Å². The van der Waals surface area contributed by atoms with Crippen LogP contribution in [0.3, 0.4) is 0 Å². The zero-order chi connectivity index (χ0) is 9.68. The predicted molar refractivity (Wildman–Crippen MR) is 47.3 cm³/mol. The molecule has 0 saturated heterocycles. The number of esters is 1. The molecule has 0 radical (unpaired) electrons. The average molecular weight is 182 g/mol. The molecule has 2 nitrogen and oxygen atoms in total. The second-order valence-corrected chi connectivity index (χ2v) is 2.61. The van der Waals surface area contributed by atoms with Gasteiger partial charge in [0.25, 0.3) is 0 Å². The highest BCUT2D eigenvalue weighted by atomic mass is 19.1. The van der Waals surface area contributed by atoms with Crippen LogP contribution >= 0.6 is 0 Å². The molecule has 1 rings (SSSR count). The van der Waals surface area contributed by atoms with Crippen LogP contribution in [0, 0.1) is 0 Å². The molecule has 0 spiro atoms. The Morgan fingerprint density at radius 3 is 2.62 bits per heavy atom. The molecule has 0 fully saturated rings. The van der Waals surface area contributed by atoms with E-state index in [9.17, 15) is 9.18 Å². The lowest BCUT2D eigenvalue weighted by atomic mass is 10.3. The largest absolute Gasteiger partial charge is 0.424 e. The van der Waals surface area contributed by atoms with Crippen molar-refractivity contribution in [1.82, 2.24) is 0 Å². The van der Waals surface area contributed by atoms with Crippen LogP contribution in [0.4, 0.5) is 4.39 Å². The van der Waals surface area contributed by atoms with Crippen molar-refractivity contribution in [1.29, 1.82) is 0 Å². The molecule has 1 atom stereocenters. The van der Waals surface area contributed by atoms with Gasteiger partial charge in [-0.25, -0.2) is 9.18 Å². The van der Waals surface area contributed by atoms with Crippen molar-refractivity contribution in [2.45, 2.75) is 19.5 Å². The second-order valence-electron chi connectivity index (χ2n) is 2.61. The van der Waals surface area contributed by atoms with E-state index in [0.29, 0.717) is 5.75 Å². The quantitative estimate of drug-likeness (QED) is 0.529. The SMILES string of the molecule is CCC(F)C(=O)Oc1ccccc1. The summed E-state index contributed by atoms with van der Waals surface area (Å²) in [4.78, 5) is 10.9. The van der Waals surface area contributed by atoms with Crippen molar-refractivity contribution < 1.29 is 13.9 Å². The third-order valence-corrected chi connectivity index (χ3v) is 1.58. The molecule has 3 heteroatoms. The molecule has 0 amide bonds. The van der Waals surface area contributed by atoms with Gasteiger partial charge in [0.15, 0.2) is 6.17 Å². The van der Waals surface area contributed by atoms with Crippen LogP contribution in [0.5, 0.6) is 5.75 Å². The first-order valence-electron chi connectivity index (χ1n) is 4.15. The molecule has 13 heavy (non-hydrogen) atoms. The Morgan fingerprint density at radius 2 is 2.08 bits per heavy atom. The van der Waals surface area contributed by atoms with Gasteiger partial charge in [-0.05, 0) is 18.6 Å². The molecule has 1 aromatic carbocycles. The first-order valence-corrected chi connectivity index (χ1v) is 4.15. The van der Waals surface area contributed by atoms with E-state index in [4.69, 9.17) is 4.74 Å². The highest BCUT2D eigenvalue weighted by Crippen LogP contribution is 2.10. The third kappa shape index (κ3) is 2.86. The van der Waals surface area contributed by atoms with E-state index >= 15 is 0 Å². The summed E-state index contributed by atoms with van der Waals surface area (Å²) in [6.45, 7) is 1.59. The number of alkyl halides is 1. The Bertz CT molecular complexity index is 272. The lowest BCUT2D eigenvalue weighted by molar-refractivity contribution is -0.140. The molecular weight excluding hydrogens is 171 g/mol. The molecular formula is C10H11FO2. The van der Waals surface area contributed by atoms with Crippen LogP contribution in [-0.2, 0) is 4.79 Å². The number of ether oxygens (including phenoxy) is 1. The van der Waals surface area contributed by atoms with E-state index < -0.39 is 12.1 Å². The summed E-state index contributed by atoms with van der Waals surface area (Å²) in [5.74, 6) is -0.447. The Morgan fingerprint density at radius 1 is 1.46 bits per heavy atom. The summed E-state index contributed by atoms with van der Waals surface area (Å²) < 4.78 is 17.5. The zero-order valence-corrected chi connectivity index (χ0v) is 7.37. The predicted octanol–water partition coefficient (Wildman–Crippen LogP) is 2.34. The van der Waals surface area contributed by atoms with Gasteiger partial charge >= 0.3 is 5.97 Å². The van der Waals surface area contributed by atoms with E-state index in [2.05, 4.69) is 0 Å². The lowest BCUT2D eigenvalue weighted by Crippen LogP contribution is -2.20. The van der Waals surface area contributed by atoms with Crippen LogP contribution in [0.1, 0.15) is 13.3 Å². The minimum atomic E-state index is -1.53. The highest BCUT2D eigenvalue weighted by molar-refractivity contribution is 5.76. The highest BCUT2D eigenvalue weighted by Gasteiger charge is 2.16. The van der Waals surface area contributed by atoms with Crippen molar-refractivity contribution in [3.63, 3.8) is 0 Å². The molecule has 0 aromatic heterocycles. The summed E-state index contributed by atoms with van der Waals surface area (Å²) in [5, 5.41) is 0. The third-order valence-electron chi connectivity index (χ3n) is 1.58. The van der Waals surface area contributed by atoms with Gasteiger partial charge in [0.05, 0.1) is 0 Å². The number of hydrogen-bond donors (Lipinski definition) is 0. The summed E-state index contributed by atoms with van der Waals surface area (Å²) in [5.41, 5.74) is 0. The Balaban J connectivity index is 2.55. The fourth-order valence-corrected chi connectivity index (χ4v) is 0.835. The van der Waals surface area contributed by atoms with E-state index in [1.807, 2.05) is 0 Å². The number of carbonyl (C=O) groups is 1. The van der Waals surface area contributed by atoms with Gasteiger partial charge in [0.2, 0.25) is 0 Å². The molecule has 0 aliphatic rings. The van der Waals surface area contributed by atoms with Gasteiger partial charge < -0.3 is 4.74 Å². The van der Waals surface area contributed by atoms with Crippen LogP contribution in [-0.4, -0.2) is 12.1 Å². The molecule has 0 aliphatic heterocycles. The molecule has 0 N–H and O–H groups in total. The fourth-order valence-electron chi connectivity index (χ4n) is 0.835. The van der Waals surface area contributed by atoms with Gasteiger partial charge in [-0.3, -0.25) is 0 Å². The fraction of sp³-hybridized carbons (Fsp3) is 0.300. The molecule has 1 unspecified atom stereocenters. The Labute approximate surface area is 76.3 Å². The van der Waals surface area contributed by atoms with E-state index in [1.165, 1.54) is 0 Å². The van der Waals surface area contributed by atoms with Crippen molar-refractivity contribution in [2.75, 3.05) is 0 Å². The summed E-state index contributed by atoms with van der Waals surface area (Å²) in [7, 11) is 0. The summed E-state index contributed by atoms with van der Waals surface area (Å²) >= 11 is 0. The number of hydrogen-bond acceptors (Lipinski definition) is 2. The number of para-hydroxylation sites is 1. The van der Waals surface area contributed by atoms with E-state index in [-0.39, 0.29) is 6.42 Å². The summed E-state index contributed by atoms with van der Waals surface area (Å²) in [6, 6.07) is 8.47. The first-order chi connectivity index (χ1) is 6.24. The second kappa shape index (κ2) is 4.60. The lowest BCUT2D eigenvalue weighted by Gasteiger charge is -2.05. The van der Waals surface area contributed by atoms with Crippen molar-refractivity contribution in [3.8, 4) is 5.75 Å². The smallest absolute Gasteiger partial charge is 0.346 e. The minimum absolute atomic E-state index is 0.145. The maximum atomic E-state index is 12.7. The van der Waals surface area contributed by atoms with Crippen LogP contribution in [0.15, 0.2) is 30.3 Å². The number of rotatable bonds is 3. The molecule has 0 saturated carbocycles. The van der Waals surface area contributed by atoms with Gasteiger partial charge in [-0.15, -0.1) is 0 Å². The molecule has 1 aromatic rings. The van der Waals surface area contributed by atoms with Crippen molar-refractivity contribution >= 4 is 5.97 Å². The van der Waals surface area contributed by atoms with E-state index in [1.54, 1.807) is 37.3 Å². The topological polar surface area (TPSA) is 26.3 Å². The first kappa shape index (κ1) is 9.71. The van der Waals surface area contributed by atoms with Crippen molar-refractivity contribution in [3.05, 3.63) is 30.3 Å². The maximum absolute atomic E-state index is 12.7. The molecule has 70 valence electrons. The standard InChI is InChI=1S/C10H11FO2/c1-2-9(11)10(12)13-8-6-4-3-5-7-8/h3-7,9H,2H2,1H3. The van der Waals surface area contributed by atoms with Crippen LogP contribution < -0.4 is 4.74 Å². The minimum Gasteiger partial charge on any atom is -0.424 e. The summed E-state index contributed by atoms with van der Waals surface area (Å²) in [6.07, 6.45) is -1.38. The number of carbonyl (C=O) groups excluding carboxylic acids is 1. The molecule has 0 heterocycles. The van der Waals surface area contributed by atoms with Gasteiger partial charge in [0, 0.05) is 0 Å². The van der Waals surface area contributed by atoms with Gasteiger partial charge in [0.1, 0.15) is 5.75 Å². The maximum Gasteiger partial charge on any atom is 0.346 e. The Hall–Kier alpha value is -1.38. The monoisotopic (exact) mass is 182 g/mol.